The van der Waals surface area contributed by atoms with Gasteiger partial charge in [-0.2, -0.15) is 0 Å². The van der Waals surface area contributed by atoms with E-state index in [0.717, 1.165) is 11.1 Å². The first kappa shape index (κ1) is 19.0. The highest BCUT2D eigenvalue weighted by molar-refractivity contribution is 5.22. The average Bonchev–Trinajstić information content (AvgIpc) is 2.75. The van der Waals surface area contributed by atoms with Gasteiger partial charge in [0.25, 0.3) is 0 Å². The summed E-state index contributed by atoms with van der Waals surface area (Å²) in [5.41, 5.74) is 1.87. The van der Waals surface area contributed by atoms with Gasteiger partial charge in [-0.05, 0) is 12.5 Å². The van der Waals surface area contributed by atoms with Gasteiger partial charge in [0, 0.05) is 12.7 Å². The molecule has 28 heavy (non-hydrogen) atoms. The fourth-order valence-corrected chi connectivity index (χ4v) is 3.37. The molecule has 1 fully saturated rings. The van der Waals surface area contributed by atoms with Crippen molar-refractivity contribution in [1.29, 1.82) is 0 Å². The number of fused-ring (bicyclic) bond motifs is 1. The second-order valence-corrected chi connectivity index (χ2v) is 6.93. The predicted molar refractivity (Wildman–Crippen MR) is 101 cm³/mol. The summed E-state index contributed by atoms with van der Waals surface area (Å²) < 4.78 is 29.4. The first-order valence-corrected chi connectivity index (χ1v) is 9.26. The third kappa shape index (κ3) is 3.64. The molecule has 1 saturated heterocycles. The minimum Gasteiger partial charge on any atom is -0.504 e. The SMILES string of the molecule is COC1(C)OC2COC(c3ccccc3)O[C@H]2C(OCc2ccccc2)=C1O. The van der Waals surface area contributed by atoms with Crippen LogP contribution in [0.2, 0.25) is 0 Å². The number of hydrogen-bond acceptors (Lipinski definition) is 6. The molecule has 6 nitrogen and oxygen atoms in total. The van der Waals surface area contributed by atoms with Crippen LogP contribution in [0, 0.1) is 0 Å². The number of benzene rings is 2. The Bertz CT molecular complexity index is 821. The predicted octanol–water partition coefficient (Wildman–Crippen LogP) is 3.85. The molecule has 3 unspecified atom stereocenters. The maximum Gasteiger partial charge on any atom is 0.228 e. The fourth-order valence-electron chi connectivity index (χ4n) is 3.37. The van der Waals surface area contributed by atoms with Crippen LogP contribution < -0.4 is 0 Å². The van der Waals surface area contributed by atoms with Crippen LogP contribution in [0.3, 0.4) is 0 Å². The van der Waals surface area contributed by atoms with Gasteiger partial charge in [0.15, 0.2) is 23.9 Å². The molecule has 1 N–H and O–H groups in total. The van der Waals surface area contributed by atoms with Gasteiger partial charge >= 0.3 is 0 Å². The van der Waals surface area contributed by atoms with Gasteiger partial charge in [0.05, 0.1) is 6.61 Å². The normalized spacial score (nSPS) is 30.0. The second-order valence-electron chi connectivity index (χ2n) is 6.93. The number of aliphatic hydroxyl groups is 1. The van der Waals surface area contributed by atoms with Crippen molar-refractivity contribution in [3.8, 4) is 0 Å². The maximum absolute atomic E-state index is 10.8. The van der Waals surface area contributed by atoms with Crippen molar-refractivity contribution in [1.82, 2.24) is 0 Å². The van der Waals surface area contributed by atoms with E-state index in [9.17, 15) is 5.11 Å². The Labute approximate surface area is 164 Å². The number of aliphatic hydroxyl groups excluding tert-OH is 1. The van der Waals surface area contributed by atoms with Crippen LogP contribution in [0.15, 0.2) is 72.2 Å². The lowest BCUT2D eigenvalue weighted by molar-refractivity contribution is -0.327. The summed E-state index contributed by atoms with van der Waals surface area (Å²) in [5, 5.41) is 10.8. The lowest BCUT2D eigenvalue weighted by Gasteiger charge is -2.45. The first-order valence-electron chi connectivity index (χ1n) is 9.26. The van der Waals surface area contributed by atoms with Gasteiger partial charge in [-0.3, -0.25) is 0 Å². The summed E-state index contributed by atoms with van der Waals surface area (Å²) >= 11 is 0. The van der Waals surface area contributed by atoms with Gasteiger partial charge in [0.2, 0.25) is 5.79 Å². The molecular formula is C22H24O6. The average molecular weight is 384 g/mol. The van der Waals surface area contributed by atoms with Gasteiger partial charge in [-0.15, -0.1) is 0 Å². The van der Waals surface area contributed by atoms with E-state index in [2.05, 4.69) is 0 Å². The third-order valence-electron chi connectivity index (χ3n) is 5.02. The Balaban J connectivity index is 1.61. The summed E-state index contributed by atoms with van der Waals surface area (Å²) in [4.78, 5) is 0. The van der Waals surface area contributed by atoms with E-state index in [1.165, 1.54) is 7.11 Å². The monoisotopic (exact) mass is 384 g/mol. The molecule has 4 rings (SSSR count). The van der Waals surface area contributed by atoms with Gasteiger partial charge < -0.3 is 28.8 Å². The van der Waals surface area contributed by atoms with Gasteiger partial charge in [-0.1, -0.05) is 60.7 Å². The summed E-state index contributed by atoms with van der Waals surface area (Å²) in [6.45, 7) is 2.23. The van der Waals surface area contributed by atoms with Crippen LogP contribution in [0.5, 0.6) is 0 Å². The van der Waals surface area contributed by atoms with Crippen molar-refractivity contribution in [3.05, 3.63) is 83.3 Å². The smallest absolute Gasteiger partial charge is 0.228 e. The topological polar surface area (TPSA) is 66.4 Å². The third-order valence-corrected chi connectivity index (χ3v) is 5.02. The number of hydrogen-bond donors (Lipinski definition) is 1. The molecule has 0 amide bonds. The Morgan fingerprint density at radius 1 is 1.07 bits per heavy atom. The standard InChI is InChI=1S/C22H24O6/c1-22(24-2)20(23)19(25-13-15-9-5-3-6-10-15)18-17(28-22)14-26-21(27-18)16-11-7-4-8-12-16/h3-12,17-18,21,23H,13-14H2,1-2H3/t17?,18-,21?,22?/m1/s1. The highest BCUT2D eigenvalue weighted by atomic mass is 16.8. The molecule has 0 bridgehead atoms. The van der Waals surface area contributed by atoms with E-state index in [1.54, 1.807) is 6.92 Å². The second kappa shape index (κ2) is 7.93. The quantitative estimate of drug-likeness (QED) is 0.845. The lowest BCUT2D eigenvalue weighted by atomic mass is 10.0. The van der Waals surface area contributed by atoms with Gasteiger partial charge in [0.1, 0.15) is 12.7 Å². The van der Waals surface area contributed by atoms with Crippen molar-refractivity contribution in [2.45, 2.75) is 37.8 Å². The molecular weight excluding hydrogens is 360 g/mol. The Kier molecular flexibility index (Phi) is 5.37. The van der Waals surface area contributed by atoms with Gasteiger partial charge in [-0.25, -0.2) is 0 Å². The van der Waals surface area contributed by atoms with Crippen LogP contribution >= 0.6 is 0 Å². The molecule has 6 heteroatoms. The van der Waals surface area contributed by atoms with E-state index in [-0.39, 0.29) is 12.4 Å². The zero-order valence-corrected chi connectivity index (χ0v) is 15.9. The van der Waals surface area contributed by atoms with Crippen molar-refractivity contribution in [2.75, 3.05) is 13.7 Å². The van der Waals surface area contributed by atoms with Crippen LogP contribution in [-0.2, 0) is 30.3 Å². The largest absolute Gasteiger partial charge is 0.504 e. The molecule has 0 spiro atoms. The molecule has 4 atom stereocenters. The van der Waals surface area contributed by atoms with E-state index in [1.807, 2.05) is 60.7 Å². The lowest BCUT2D eigenvalue weighted by Crippen LogP contribution is -2.54. The molecule has 2 aromatic carbocycles. The molecule has 0 aromatic heterocycles. The fraction of sp³-hybridized carbons (Fsp3) is 0.364. The molecule has 0 saturated carbocycles. The molecule has 2 aromatic rings. The highest BCUT2D eigenvalue weighted by Crippen LogP contribution is 2.40. The summed E-state index contributed by atoms with van der Waals surface area (Å²) in [5.74, 6) is -1.13. The van der Waals surface area contributed by atoms with Crippen molar-refractivity contribution < 1.29 is 28.8 Å². The zero-order valence-electron chi connectivity index (χ0n) is 15.9. The molecule has 2 heterocycles. The Hall–Kier alpha value is -2.38. The van der Waals surface area contributed by atoms with Crippen LogP contribution in [0.25, 0.3) is 0 Å². The van der Waals surface area contributed by atoms with E-state index < -0.39 is 24.3 Å². The number of rotatable bonds is 5. The molecule has 2 aliphatic heterocycles. The van der Waals surface area contributed by atoms with E-state index in [4.69, 9.17) is 23.7 Å². The van der Waals surface area contributed by atoms with E-state index >= 15 is 0 Å². The van der Waals surface area contributed by atoms with Crippen LogP contribution in [0.4, 0.5) is 0 Å². The number of ether oxygens (including phenoxy) is 5. The molecule has 2 aliphatic rings. The van der Waals surface area contributed by atoms with Crippen LogP contribution in [0.1, 0.15) is 24.3 Å². The molecule has 148 valence electrons. The number of methoxy groups -OCH3 is 1. The van der Waals surface area contributed by atoms with Crippen molar-refractivity contribution in [2.24, 2.45) is 0 Å². The van der Waals surface area contributed by atoms with Crippen LogP contribution in [-0.4, -0.2) is 36.8 Å². The summed E-state index contributed by atoms with van der Waals surface area (Å²) in [7, 11) is 1.47. The molecule has 0 radical (unpaired) electrons. The minimum absolute atomic E-state index is 0.124. The Morgan fingerprint density at radius 2 is 1.75 bits per heavy atom. The minimum atomic E-state index is -1.32. The first-order chi connectivity index (χ1) is 13.6. The summed E-state index contributed by atoms with van der Waals surface area (Å²) in [6.07, 6.45) is -1.64. The molecule has 0 aliphatic carbocycles. The van der Waals surface area contributed by atoms with Crippen molar-refractivity contribution in [3.63, 3.8) is 0 Å². The summed E-state index contributed by atoms with van der Waals surface area (Å²) in [6, 6.07) is 19.4. The maximum atomic E-state index is 10.8. The Morgan fingerprint density at radius 3 is 2.43 bits per heavy atom. The van der Waals surface area contributed by atoms with Crippen molar-refractivity contribution >= 4 is 0 Å². The zero-order chi connectivity index (χ0) is 19.6. The highest BCUT2D eigenvalue weighted by Gasteiger charge is 2.50. The van der Waals surface area contributed by atoms with E-state index in [0.29, 0.717) is 12.4 Å².